The molecule has 166 valence electrons. The van der Waals surface area contributed by atoms with E-state index >= 15 is 0 Å². The number of halogens is 1. The van der Waals surface area contributed by atoms with Crippen LogP contribution in [0, 0.1) is 12.8 Å². The minimum absolute atomic E-state index is 0. The van der Waals surface area contributed by atoms with Gasteiger partial charge in [0.25, 0.3) is 0 Å². The largest absolute Gasteiger partial charge is 0.356 e. The lowest BCUT2D eigenvalue weighted by molar-refractivity contribution is -0.127. The monoisotopic (exact) mass is 519 g/mol. The highest BCUT2D eigenvalue weighted by atomic mass is 127. The van der Waals surface area contributed by atoms with Gasteiger partial charge in [0.2, 0.25) is 5.91 Å². The van der Waals surface area contributed by atoms with E-state index in [4.69, 9.17) is 0 Å². The third-order valence-corrected chi connectivity index (χ3v) is 5.26. The number of likely N-dealkylation sites (N-methyl/N-ethyl adjacent to an activating group) is 1. The number of nitrogens with one attached hydrogen (secondary N) is 2. The van der Waals surface area contributed by atoms with E-state index < -0.39 is 0 Å². The van der Waals surface area contributed by atoms with Crippen molar-refractivity contribution in [3.63, 3.8) is 0 Å². The van der Waals surface area contributed by atoms with Crippen LogP contribution in [0.4, 0.5) is 0 Å². The molecular formula is C20H38IN7O. The van der Waals surface area contributed by atoms with Gasteiger partial charge in [-0.05, 0) is 32.1 Å². The van der Waals surface area contributed by atoms with Gasteiger partial charge in [0.15, 0.2) is 5.96 Å². The van der Waals surface area contributed by atoms with E-state index in [0.717, 1.165) is 44.0 Å². The number of aryl methyl sites for hydroxylation is 2. The number of hydrogen-bond acceptors (Lipinski definition) is 4. The number of aliphatic imine (C=N–C) groups is 1. The van der Waals surface area contributed by atoms with Gasteiger partial charge in [-0.15, -0.1) is 24.0 Å². The molecule has 1 aromatic rings. The standard InChI is InChI=1S/C20H37N7O.HI/c1-6-8-10-16(7-2)13-21-20(22-14-18(28)26(4)5)24-17-11-9-12-27-19(17)23-15(3)25-27;/h16-17H,6-14H2,1-5H3,(H2,21,22,24);1H. The van der Waals surface area contributed by atoms with E-state index in [1.54, 1.807) is 19.0 Å². The predicted molar refractivity (Wildman–Crippen MR) is 128 cm³/mol. The van der Waals surface area contributed by atoms with Crippen LogP contribution in [0.3, 0.4) is 0 Å². The van der Waals surface area contributed by atoms with E-state index in [0.29, 0.717) is 11.9 Å². The van der Waals surface area contributed by atoms with Crippen LogP contribution in [0.2, 0.25) is 0 Å². The van der Waals surface area contributed by atoms with Crippen molar-refractivity contribution in [2.24, 2.45) is 10.9 Å². The Morgan fingerprint density at radius 3 is 2.79 bits per heavy atom. The summed E-state index contributed by atoms with van der Waals surface area (Å²) in [6.45, 7) is 8.27. The Kier molecular flexibility index (Phi) is 11.5. The molecular weight excluding hydrogens is 481 g/mol. The van der Waals surface area contributed by atoms with Crippen molar-refractivity contribution in [3.05, 3.63) is 11.6 Å². The lowest BCUT2D eigenvalue weighted by Crippen LogP contribution is -2.44. The molecule has 2 unspecified atom stereocenters. The van der Waals surface area contributed by atoms with E-state index in [1.807, 2.05) is 11.6 Å². The summed E-state index contributed by atoms with van der Waals surface area (Å²) in [6.07, 6.45) is 6.82. The van der Waals surface area contributed by atoms with Gasteiger partial charge in [-0.1, -0.05) is 33.1 Å². The first-order valence-electron chi connectivity index (χ1n) is 10.6. The molecule has 1 aliphatic rings. The molecule has 0 saturated carbocycles. The molecule has 0 bridgehead atoms. The van der Waals surface area contributed by atoms with Crippen LogP contribution in [0.5, 0.6) is 0 Å². The average molecular weight is 519 g/mol. The quantitative estimate of drug-likeness (QED) is 0.298. The highest BCUT2D eigenvalue weighted by molar-refractivity contribution is 14.0. The maximum absolute atomic E-state index is 12.0. The molecule has 0 radical (unpaired) electrons. The zero-order chi connectivity index (χ0) is 20.5. The molecule has 0 saturated heterocycles. The molecule has 0 aliphatic carbocycles. The van der Waals surface area contributed by atoms with Crippen molar-refractivity contribution in [2.75, 3.05) is 27.2 Å². The fraction of sp³-hybridized carbons (Fsp3) is 0.800. The maximum Gasteiger partial charge on any atom is 0.243 e. The minimum Gasteiger partial charge on any atom is -0.356 e. The van der Waals surface area contributed by atoms with Crippen LogP contribution in [0.15, 0.2) is 4.99 Å². The summed E-state index contributed by atoms with van der Waals surface area (Å²) in [7, 11) is 3.51. The Hall–Kier alpha value is -1.39. The molecule has 1 amide bonds. The van der Waals surface area contributed by atoms with E-state index in [-0.39, 0.29) is 42.5 Å². The average Bonchev–Trinajstić information content (AvgIpc) is 3.06. The molecule has 2 rings (SSSR count). The van der Waals surface area contributed by atoms with Crippen LogP contribution in [-0.4, -0.2) is 58.7 Å². The summed E-state index contributed by atoms with van der Waals surface area (Å²) in [5, 5.41) is 11.4. The van der Waals surface area contributed by atoms with Gasteiger partial charge in [-0.25, -0.2) is 14.7 Å². The highest BCUT2D eigenvalue weighted by Crippen LogP contribution is 2.22. The molecule has 0 spiro atoms. The molecule has 0 aromatic carbocycles. The SMILES string of the molecule is CCCCC(CC)CNC(=NCC(=O)N(C)C)NC1CCCn2nc(C)nc21.I. The number of carbonyl (C=O) groups excluding carboxylic acids is 1. The third kappa shape index (κ3) is 8.10. The molecule has 2 atom stereocenters. The summed E-state index contributed by atoms with van der Waals surface area (Å²) in [5.41, 5.74) is 0. The van der Waals surface area contributed by atoms with Crippen molar-refractivity contribution in [2.45, 2.75) is 71.9 Å². The number of guanidine groups is 1. The topological polar surface area (TPSA) is 87.4 Å². The second kappa shape index (κ2) is 13.0. The molecule has 9 heteroatoms. The lowest BCUT2D eigenvalue weighted by Gasteiger charge is -2.26. The maximum atomic E-state index is 12.0. The van der Waals surface area contributed by atoms with E-state index in [1.165, 1.54) is 19.3 Å². The van der Waals surface area contributed by atoms with Crippen molar-refractivity contribution in [3.8, 4) is 0 Å². The minimum atomic E-state index is -0.0122. The van der Waals surface area contributed by atoms with E-state index in [9.17, 15) is 4.79 Å². The van der Waals surface area contributed by atoms with Crippen LogP contribution in [0.1, 0.15) is 70.1 Å². The first-order valence-corrected chi connectivity index (χ1v) is 10.6. The first-order chi connectivity index (χ1) is 13.4. The van der Waals surface area contributed by atoms with Crippen LogP contribution >= 0.6 is 24.0 Å². The molecule has 8 nitrogen and oxygen atoms in total. The summed E-state index contributed by atoms with van der Waals surface area (Å²) in [4.78, 5) is 22.7. The Morgan fingerprint density at radius 1 is 1.38 bits per heavy atom. The molecule has 2 heterocycles. The number of rotatable bonds is 9. The third-order valence-electron chi connectivity index (χ3n) is 5.26. The number of nitrogens with zero attached hydrogens (tertiary/aromatic N) is 5. The summed E-state index contributed by atoms with van der Waals surface area (Å²) in [6, 6.07) is 0.0615. The Labute approximate surface area is 192 Å². The van der Waals surface area contributed by atoms with Gasteiger partial charge in [0.05, 0.1) is 6.04 Å². The smallest absolute Gasteiger partial charge is 0.243 e. The summed E-state index contributed by atoms with van der Waals surface area (Å²) in [5.74, 6) is 3.03. The molecule has 0 fully saturated rings. The Bertz CT molecular complexity index is 659. The fourth-order valence-corrected chi connectivity index (χ4v) is 3.40. The van der Waals surface area contributed by atoms with E-state index in [2.05, 4.69) is 39.6 Å². The summed E-state index contributed by atoms with van der Waals surface area (Å²) < 4.78 is 1.98. The first kappa shape index (κ1) is 25.6. The predicted octanol–water partition coefficient (Wildman–Crippen LogP) is 2.88. The zero-order valence-corrected chi connectivity index (χ0v) is 20.9. The number of aromatic nitrogens is 3. The Morgan fingerprint density at radius 2 is 2.14 bits per heavy atom. The van der Waals surface area contributed by atoms with Crippen molar-refractivity contribution < 1.29 is 4.79 Å². The molecule has 2 N–H and O–H groups in total. The van der Waals surface area contributed by atoms with Gasteiger partial charge < -0.3 is 15.5 Å². The lowest BCUT2D eigenvalue weighted by atomic mass is 9.99. The van der Waals surface area contributed by atoms with Crippen LogP contribution < -0.4 is 10.6 Å². The van der Waals surface area contributed by atoms with Gasteiger partial charge in [0, 0.05) is 27.2 Å². The zero-order valence-electron chi connectivity index (χ0n) is 18.6. The van der Waals surface area contributed by atoms with Gasteiger partial charge in [-0.2, -0.15) is 5.10 Å². The number of fused-ring (bicyclic) bond motifs is 1. The molecule has 29 heavy (non-hydrogen) atoms. The van der Waals surface area contributed by atoms with Crippen LogP contribution in [0.25, 0.3) is 0 Å². The fourth-order valence-electron chi connectivity index (χ4n) is 3.40. The van der Waals surface area contributed by atoms with Crippen molar-refractivity contribution >= 4 is 35.8 Å². The Balaban J connectivity index is 0.00000420. The molecule has 1 aromatic heterocycles. The second-order valence-corrected chi connectivity index (χ2v) is 7.83. The normalized spacial score (nSPS) is 17.1. The van der Waals surface area contributed by atoms with Gasteiger partial charge in [-0.3, -0.25) is 4.79 Å². The van der Waals surface area contributed by atoms with Gasteiger partial charge >= 0.3 is 0 Å². The number of carbonyl (C=O) groups is 1. The molecule has 1 aliphatic heterocycles. The van der Waals surface area contributed by atoms with Crippen molar-refractivity contribution in [1.29, 1.82) is 0 Å². The second-order valence-electron chi connectivity index (χ2n) is 7.83. The number of amides is 1. The van der Waals surface area contributed by atoms with Gasteiger partial charge in [0.1, 0.15) is 18.2 Å². The summed E-state index contributed by atoms with van der Waals surface area (Å²) >= 11 is 0. The number of unbranched alkanes of at least 4 members (excludes halogenated alkanes) is 1. The van der Waals surface area contributed by atoms with Crippen LogP contribution in [-0.2, 0) is 11.3 Å². The number of hydrogen-bond donors (Lipinski definition) is 2. The highest BCUT2D eigenvalue weighted by Gasteiger charge is 2.24. The van der Waals surface area contributed by atoms with Crippen molar-refractivity contribution in [1.82, 2.24) is 30.3 Å².